The molecule has 1 unspecified atom stereocenters. The van der Waals surface area contributed by atoms with E-state index in [1.54, 1.807) is 6.20 Å². The van der Waals surface area contributed by atoms with Crippen molar-refractivity contribution in [2.75, 3.05) is 0 Å². The van der Waals surface area contributed by atoms with Crippen LogP contribution in [0.3, 0.4) is 0 Å². The first-order valence-electron chi connectivity index (χ1n) is 10.2. The van der Waals surface area contributed by atoms with Crippen molar-refractivity contribution in [1.29, 1.82) is 0 Å². The molecule has 5 nitrogen and oxygen atoms in total. The van der Waals surface area contributed by atoms with Gasteiger partial charge in [0.25, 0.3) is 0 Å². The van der Waals surface area contributed by atoms with Gasteiger partial charge >= 0.3 is 0 Å². The Morgan fingerprint density at radius 1 is 1.14 bits per heavy atom. The molecule has 3 rings (SSSR count). The Kier molecular flexibility index (Phi) is 6.90. The van der Waals surface area contributed by atoms with Crippen molar-refractivity contribution >= 4 is 5.91 Å². The van der Waals surface area contributed by atoms with Crippen LogP contribution in [0.15, 0.2) is 42.6 Å². The summed E-state index contributed by atoms with van der Waals surface area (Å²) < 4.78 is 11.4. The van der Waals surface area contributed by atoms with E-state index < -0.39 is 0 Å². The second-order valence-electron chi connectivity index (χ2n) is 7.67. The molecular weight excluding hydrogens is 352 g/mol. The van der Waals surface area contributed by atoms with Gasteiger partial charge < -0.3 is 14.8 Å². The van der Waals surface area contributed by atoms with E-state index in [0.29, 0.717) is 11.6 Å². The van der Waals surface area contributed by atoms with Gasteiger partial charge in [0.05, 0.1) is 12.3 Å². The van der Waals surface area contributed by atoms with Crippen LogP contribution in [-0.4, -0.2) is 23.0 Å². The molecule has 1 heterocycles. The van der Waals surface area contributed by atoms with Gasteiger partial charge in [-0.1, -0.05) is 19.1 Å². The van der Waals surface area contributed by atoms with Gasteiger partial charge in [0.1, 0.15) is 11.5 Å². The maximum atomic E-state index is 11.9. The second-order valence-corrected chi connectivity index (χ2v) is 7.67. The van der Waals surface area contributed by atoms with Crippen LogP contribution in [0.25, 0.3) is 0 Å². The van der Waals surface area contributed by atoms with E-state index in [0.717, 1.165) is 37.9 Å². The molecule has 1 aromatic carbocycles. The first-order valence-corrected chi connectivity index (χ1v) is 10.2. The first kappa shape index (κ1) is 20.2. The number of hydrogen-bond donors (Lipinski definition) is 1. The summed E-state index contributed by atoms with van der Waals surface area (Å²) in [5.74, 6) is 2.55. The third-order valence-corrected chi connectivity index (χ3v) is 4.79. The third-order valence-electron chi connectivity index (χ3n) is 4.79. The first-order chi connectivity index (χ1) is 13.5. The largest absolute Gasteiger partial charge is 0.475 e. The van der Waals surface area contributed by atoms with E-state index in [1.807, 2.05) is 38.1 Å². The monoisotopic (exact) mass is 382 g/mol. The lowest BCUT2D eigenvalue weighted by molar-refractivity contribution is -0.123. The summed E-state index contributed by atoms with van der Waals surface area (Å²) in [7, 11) is 0. The van der Waals surface area contributed by atoms with E-state index >= 15 is 0 Å². The van der Waals surface area contributed by atoms with Gasteiger partial charge in [0.15, 0.2) is 0 Å². The molecule has 0 radical (unpaired) electrons. The summed E-state index contributed by atoms with van der Waals surface area (Å²) in [5, 5.41) is 3.18. The van der Waals surface area contributed by atoms with E-state index in [-0.39, 0.29) is 24.0 Å². The quantitative estimate of drug-likeness (QED) is 0.635. The van der Waals surface area contributed by atoms with Crippen LogP contribution < -0.4 is 14.8 Å². The highest BCUT2D eigenvalue weighted by Crippen LogP contribution is 2.29. The molecule has 1 saturated carbocycles. The van der Waals surface area contributed by atoms with Crippen LogP contribution in [0, 0.1) is 5.92 Å². The summed E-state index contributed by atoms with van der Waals surface area (Å²) in [6.07, 6.45) is 6.71. The van der Waals surface area contributed by atoms with Crippen molar-refractivity contribution in [2.24, 2.45) is 5.92 Å². The number of nitrogens with zero attached hydrogens (tertiary/aromatic N) is 1. The standard InChI is InChI=1S/C23H30N2O3/c1-4-19(25-23(26)18-8-9-18)10-5-17-6-11-20(12-7-17)28-21-13-14-22(24-15-21)27-16(2)3/h6-7,11-16,18-19H,4-5,8-10H2,1-3H3,(H,25,26). The maximum absolute atomic E-state index is 11.9. The normalized spacial score (nSPS) is 14.6. The lowest BCUT2D eigenvalue weighted by Crippen LogP contribution is -2.35. The van der Waals surface area contributed by atoms with Gasteiger partial charge in [-0.25, -0.2) is 4.98 Å². The SMILES string of the molecule is CCC(CCc1ccc(Oc2ccc(OC(C)C)nc2)cc1)NC(=O)C1CC1. The van der Waals surface area contributed by atoms with Gasteiger partial charge in [0.2, 0.25) is 11.8 Å². The number of rotatable bonds is 10. The molecule has 1 fully saturated rings. The molecule has 150 valence electrons. The number of aryl methyl sites for hydroxylation is 1. The van der Waals surface area contributed by atoms with Crippen molar-refractivity contribution in [3.63, 3.8) is 0 Å². The average molecular weight is 383 g/mol. The van der Waals surface area contributed by atoms with Crippen molar-refractivity contribution in [3.8, 4) is 17.4 Å². The fraction of sp³-hybridized carbons (Fsp3) is 0.478. The number of hydrogen-bond acceptors (Lipinski definition) is 4. The molecule has 1 atom stereocenters. The molecule has 1 aromatic heterocycles. The van der Waals surface area contributed by atoms with Gasteiger partial charge in [-0.05, 0) is 69.7 Å². The summed E-state index contributed by atoms with van der Waals surface area (Å²) >= 11 is 0. The Bertz CT molecular complexity index is 752. The number of aromatic nitrogens is 1. The number of amides is 1. The van der Waals surface area contributed by atoms with Gasteiger partial charge in [-0.2, -0.15) is 0 Å². The highest BCUT2D eigenvalue weighted by atomic mass is 16.5. The predicted octanol–water partition coefficient (Wildman–Crippen LogP) is 4.90. The average Bonchev–Trinajstić information content (AvgIpc) is 3.52. The molecule has 2 aromatic rings. The topological polar surface area (TPSA) is 60.5 Å². The van der Waals surface area contributed by atoms with E-state index in [9.17, 15) is 4.79 Å². The summed E-state index contributed by atoms with van der Waals surface area (Å²) in [6.45, 7) is 6.06. The summed E-state index contributed by atoms with van der Waals surface area (Å²) in [4.78, 5) is 16.2. The Balaban J connectivity index is 1.48. The number of ether oxygens (including phenoxy) is 2. The Morgan fingerprint density at radius 2 is 1.86 bits per heavy atom. The number of benzene rings is 1. The minimum atomic E-state index is 0.0983. The molecule has 1 amide bonds. The second kappa shape index (κ2) is 9.58. The minimum Gasteiger partial charge on any atom is -0.475 e. The third kappa shape index (κ3) is 6.25. The lowest BCUT2D eigenvalue weighted by atomic mass is 10.0. The Hall–Kier alpha value is -2.56. The molecule has 5 heteroatoms. The zero-order chi connectivity index (χ0) is 19.9. The van der Waals surface area contributed by atoms with E-state index in [4.69, 9.17) is 9.47 Å². The molecule has 0 aliphatic heterocycles. The summed E-state index contributed by atoms with van der Waals surface area (Å²) in [6, 6.07) is 12.0. The molecular formula is C23H30N2O3. The highest BCUT2D eigenvalue weighted by molar-refractivity contribution is 5.81. The molecule has 0 bridgehead atoms. The van der Waals surface area contributed by atoms with Crippen LogP contribution in [0.5, 0.6) is 17.4 Å². The molecule has 0 spiro atoms. The fourth-order valence-corrected chi connectivity index (χ4v) is 2.98. The number of pyridine rings is 1. The van der Waals surface area contributed by atoms with Crippen LogP contribution in [0.2, 0.25) is 0 Å². The van der Waals surface area contributed by atoms with Crippen molar-refractivity contribution in [2.45, 2.75) is 65.0 Å². The van der Waals surface area contributed by atoms with Crippen LogP contribution in [0.4, 0.5) is 0 Å². The minimum absolute atomic E-state index is 0.0983. The number of carbonyl (C=O) groups is 1. The Labute approximate surface area is 167 Å². The van der Waals surface area contributed by atoms with Gasteiger partial charge in [0, 0.05) is 18.0 Å². The highest BCUT2D eigenvalue weighted by Gasteiger charge is 2.30. The smallest absolute Gasteiger partial charge is 0.223 e. The van der Waals surface area contributed by atoms with E-state index in [1.165, 1.54) is 5.56 Å². The van der Waals surface area contributed by atoms with Crippen LogP contribution >= 0.6 is 0 Å². The molecule has 1 aliphatic carbocycles. The molecule has 1 N–H and O–H groups in total. The number of nitrogens with one attached hydrogen (secondary N) is 1. The zero-order valence-electron chi connectivity index (χ0n) is 17.0. The number of carbonyl (C=O) groups excluding carboxylic acids is 1. The lowest BCUT2D eigenvalue weighted by Gasteiger charge is -2.17. The maximum Gasteiger partial charge on any atom is 0.223 e. The molecule has 28 heavy (non-hydrogen) atoms. The van der Waals surface area contributed by atoms with Crippen molar-refractivity contribution in [1.82, 2.24) is 10.3 Å². The van der Waals surface area contributed by atoms with Crippen LogP contribution in [0.1, 0.15) is 52.0 Å². The fourth-order valence-electron chi connectivity index (χ4n) is 2.98. The van der Waals surface area contributed by atoms with Gasteiger partial charge in [-0.15, -0.1) is 0 Å². The van der Waals surface area contributed by atoms with Gasteiger partial charge in [-0.3, -0.25) is 4.79 Å². The molecule has 0 saturated heterocycles. The van der Waals surface area contributed by atoms with Crippen LogP contribution in [-0.2, 0) is 11.2 Å². The van der Waals surface area contributed by atoms with Crippen molar-refractivity contribution in [3.05, 3.63) is 48.2 Å². The summed E-state index contributed by atoms with van der Waals surface area (Å²) in [5.41, 5.74) is 1.24. The predicted molar refractivity (Wildman–Crippen MR) is 110 cm³/mol. The van der Waals surface area contributed by atoms with Crippen molar-refractivity contribution < 1.29 is 14.3 Å². The van der Waals surface area contributed by atoms with E-state index in [2.05, 4.69) is 29.4 Å². The Morgan fingerprint density at radius 3 is 2.43 bits per heavy atom. The molecule has 1 aliphatic rings. The zero-order valence-corrected chi connectivity index (χ0v) is 17.0.